The van der Waals surface area contributed by atoms with Crippen LogP contribution in [0.2, 0.25) is 0 Å². The second-order valence-electron chi connectivity index (χ2n) is 12.1. The molecule has 0 saturated carbocycles. The van der Waals surface area contributed by atoms with Gasteiger partial charge in [0.15, 0.2) is 0 Å². The summed E-state index contributed by atoms with van der Waals surface area (Å²) in [5.41, 5.74) is 12.6. The summed E-state index contributed by atoms with van der Waals surface area (Å²) in [5.74, 6) is 0. The van der Waals surface area contributed by atoms with Gasteiger partial charge in [0.2, 0.25) is 0 Å². The highest BCUT2D eigenvalue weighted by Gasteiger charge is 2.23. The lowest BCUT2D eigenvalue weighted by atomic mass is 9.93. The van der Waals surface area contributed by atoms with Gasteiger partial charge in [-0.3, -0.25) is 0 Å². The van der Waals surface area contributed by atoms with E-state index in [4.69, 9.17) is 0 Å². The maximum Gasteiger partial charge on any atom is 0.0542 e. The van der Waals surface area contributed by atoms with Crippen LogP contribution >= 0.6 is 11.3 Å². The molecule has 46 heavy (non-hydrogen) atoms. The molecule has 0 spiro atoms. The Morgan fingerprint density at radius 1 is 0.457 bits per heavy atom. The van der Waals surface area contributed by atoms with Crippen LogP contribution in [0.5, 0.6) is 0 Å². The number of hydrogen-bond acceptors (Lipinski definition) is 2. The average molecular weight is 605 g/mol. The number of fused-ring (bicyclic) bond motifs is 9. The Bertz CT molecular complexity index is 2640. The molecule has 0 radical (unpaired) electrons. The molecular formula is C43H28N2S. The van der Waals surface area contributed by atoms with Gasteiger partial charge < -0.3 is 9.47 Å². The van der Waals surface area contributed by atoms with E-state index < -0.39 is 0 Å². The summed E-state index contributed by atoms with van der Waals surface area (Å²) in [6.07, 6.45) is 0. The predicted molar refractivity (Wildman–Crippen MR) is 197 cm³/mol. The van der Waals surface area contributed by atoms with Crippen molar-refractivity contribution < 1.29 is 0 Å². The first-order valence-electron chi connectivity index (χ1n) is 15.8. The van der Waals surface area contributed by atoms with Crippen LogP contribution in [0.3, 0.4) is 0 Å². The SMILES string of the molecule is c1cc(-c2cccc3c2sc2ccccc23)cc(-n2c3ccccc3c3cc(N4Cc5ccccc5-c5ccccc54)ccc32)c1. The molecule has 3 heteroatoms. The fraction of sp³-hybridized carbons (Fsp3) is 0.0233. The van der Waals surface area contributed by atoms with Crippen molar-refractivity contribution in [3.8, 4) is 27.9 Å². The standard InChI is InChI=1S/C43H28N2S/c1-2-14-32-29(11-1)27-44(39-20-6-3-15-34(32)39)30-23-24-41-38(26-30)35-16-4-7-21-40(35)45(41)31-13-9-12-28(25-31)33-18-10-19-37-36-17-5-8-22-42(36)46-43(33)37/h1-26H,27H2. The molecule has 9 aromatic rings. The predicted octanol–water partition coefficient (Wildman–Crippen LogP) is 12.1. The molecule has 0 unspecified atom stereocenters. The van der Waals surface area contributed by atoms with Crippen LogP contribution in [0.4, 0.5) is 11.4 Å². The van der Waals surface area contributed by atoms with Gasteiger partial charge >= 0.3 is 0 Å². The fourth-order valence-corrected chi connectivity index (χ4v) is 8.78. The normalized spacial score (nSPS) is 12.7. The Labute approximate surface area is 271 Å². The molecule has 0 N–H and O–H groups in total. The minimum absolute atomic E-state index is 0.850. The highest BCUT2D eigenvalue weighted by atomic mass is 32.1. The molecular weight excluding hydrogens is 577 g/mol. The van der Waals surface area contributed by atoms with Crippen molar-refractivity contribution in [2.45, 2.75) is 6.54 Å². The van der Waals surface area contributed by atoms with Crippen molar-refractivity contribution in [3.05, 3.63) is 163 Å². The number of benzene rings is 7. The molecule has 1 aliphatic heterocycles. The second kappa shape index (κ2) is 9.93. The minimum atomic E-state index is 0.850. The monoisotopic (exact) mass is 604 g/mol. The minimum Gasteiger partial charge on any atom is -0.336 e. The maximum atomic E-state index is 2.47. The van der Waals surface area contributed by atoms with Gasteiger partial charge in [0, 0.05) is 60.1 Å². The number of thiophene rings is 1. The van der Waals surface area contributed by atoms with Crippen LogP contribution in [0.15, 0.2) is 158 Å². The van der Waals surface area contributed by atoms with Gasteiger partial charge in [-0.1, -0.05) is 109 Å². The Morgan fingerprint density at radius 2 is 1.17 bits per heavy atom. The second-order valence-corrected chi connectivity index (χ2v) is 13.2. The molecule has 1 aliphatic rings. The molecule has 0 bridgehead atoms. The zero-order valence-electron chi connectivity index (χ0n) is 25.0. The van der Waals surface area contributed by atoms with Crippen molar-refractivity contribution in [1.82, 2.24) is 4.57 Å². The van der Waals surface area contributed by atoms with E-state index in [1.807, 2.05) is 11.3 Å². The van der Waals surface area contributed by atoms with Crippen molar-refractivity contribution in [2.75, 3.05) is 4.90 Å². The first kappa shape index (κ1) is 25.7. The molecule has 2 nitrogen and oxygen atoms in total. The van der Waals surface area contributed by atoms with Crippen LogP contribution in [-0.2, 0) is 6.54 Å². The van der Waals surface area contributed by atoms with Crippen molar-refractivity contribution in [2.24, 2.45) is 0 Å². The fourth-order valence-electron chi connectivity index (χ4n) is 7.54. The van der Waals surface area contributed by atoms with Gasteiger partial charge in [0.05, 0.1) is 11.0 Å². The highest BCUT2D eigenvalue weighted by molar-refractivity contribution is 7.26. The summed E-state index contributed by atoms with van der Waals surface area (Å²) in [6.45, 7) is 0.850. The summed E-state index contributed by atoms with van der Waals surface area (Å²) in [4.78, 5) is 2.47. The Kier molecular flexibility index (Phi) is 5.54. The summed E-state index contributed by atoms with van der Waals surface area (Å²) in [7, 11) is 0. The van der Waals surface area contributed by atoms with E-state index in [0.29, 0.717) is 0 Å². The van der Waals surface area contributed by atoms with Gasteiger partial charge in [-0.25, -0.2) is 0 Å². The first-order valence-corrected chi connectivity index (χ1v) is 16.6. The van der Waals surface area contributed by atoms with E-state index in [1.165, 1.54) is 86.9 Å². The molecule has 10 rings (SSSR count). The molecule has 3 heterocycles. The maximum absolute atomic E-state index is 2.47. The third-order valence-corrected chi connectivity index (χ3v) is 10.8. The van der Waals surface area contributed by atoms with Gasteiger partial charge in [-0.15, -0.1) is 11.3 Å². The number of para-hydroxylation sites is 2. The van der Waals surface area contributed by atoms with Crippen LogP contribution in [0.25, 0.3) is 69.9 Å². The van der Waals surface area contributed by atoms with Crippen molar-refractivity contribution in [3.63, 3.8) is 0 Å². The Balaban J connectivity index is 1.14. The summed E-state index contributed by atoms with van der Waals surface area (Å²) >= 11 is 1.89. The molecule has 0 aliphatic carbocycles. The van der Waals surface area contributed by atoms with E-state index in [2.05, 4.69) is 167 Å². The number of anilines is 2. The lowest BCUT2D eigenvalue weighted by Gasteiger charge is -2.33. The van der Waals surface area contributed by atoms with Crippen LogP contribution in [0, 0.1) is 0 Å². The largest absolute Gasteiger partial charge is 0.336 e. The summed E-state index contributed by atoms with van der Waals surface area (Å²) in [5, 5.41) is 5.19. The smallest absolute Gasteiger partial charge is 0.0542 e. The van der Waals surface area contributed by atoms with Crippen LogP contribution < -0.4 is 4.90 Å². The summed E-state index contributed by atoms with van der Waals surface area (Å²) in [6, 6.07) is 57.9. The average Bonchev–Trinajstić information content (AvgIpc) is 3.67. The Morgan fingerprint density at radius 3 is 2.13 bits per heavy atom. The lowest BCUT2D eigenvalue weighted by Crippen LogP contribution is -2.21. The van der Waals surface area contributed by atoms with Crippen molar-refractivity contribution in [1.29, 1.82) is 0 Å². The van der Waals surface area contributed by atoms with Gasteiger partial charge in [-0.2, -0.15) is 0 Å². The van der Waals surface area contributed by atoms with Gasteiger partial charge in [0.1, 0.15) is 0 Å². The molecule has 0 atom stereocenters. The first-order chi connectivity index (χ1) is 22.8. The molecule has 7 aromatic carbocycles. The van der Waals surface area contributed by atoms with E-state index in [1.54, 1.807) is 0 Å². The van der Waals surface area contributed by atoms with E-state index >= 15 is 0 Å². The zero-order chi connectivity index (χ0) is 30.2. The lowest BCUT2D eigenvalue weighted by molar-refractivity contribution is 0.962. The van der Waals surface area contributed by atoms with E-state index in [0.717, 1.165) is 6.54 Å². The van der Waals surface area contributed by atoms with Gasteiger partial charge in [0.25, 0.3) is 0 Å². The topological polar surface area (TPSA) is 8.17 Å². The molecule has 2 aromatic heterocycles. The van der Waals surface area contributed by atoms with Crippen molar-refractivity contribution >= 4 is 64.7 Å². The number of rotatable bonds is 3. The molecule has 216 valence electrons. The molecule has 0 amide bonds. The third kappa shape index (κ3) is 3.76. The van der Waals surface area contributed by atoms with E-state index in [-0.39, 0.29) is 0 Å². The molecule has 0 saturated heterocycles. The zero-order valence-corrected chi connectivity index (χ0v) is 25.8. The number of aromatic nitrogens is 1. The Hall–Kier alpha value is -5.64. The van der Waals surface area contributed by atoms with Gasteiger partial charge in [-0.05, 0) is 70.8 Å². The quantitative estimate of drug-likeness (QED) is 0.195. The molecule has 0 fully saturated rings. The van der Waals surface area contributed by atoms with E-state index in [9.17, 15) is 0 Å². The number of hydrogen-bond donors (Lipinski definition) is 0. The number of nitrogens with zero attached hydrogens (tertiary/aromatic N) is 2. The van der Waals surface area contributed by atoms with Crippen LogP contribution in [-0.4, -0.2) is 4.57 Å². The highest BCUT2D eigenvalue weighted by Crippen LogP contribution is 2.45. The van der Waals surface area contributed by atoms with Crippen LogP contribution in [0.1, 0.15) is 5.56 Å². The third-order valence-electron chi connectivity index (χ3n) is 9.62. The summed E-state index contributed by atoms with van der Waals surface area (Å²) < 4.78 is 5.11.